The van der Waals surface area contributed by atoms with Crippen LogP contribution in [0.2, 0.25) is 0 Å². The van der Waals surface area contributed by atoms with Crippen LogP contribution < -0.4 is 5.32 Å². The molecule has 0 unspecified atom stereocenters. The highest BCUT2D eigenvalue weighted by Gasteiger charge is 2.22. The molecule has 2 aromatic carbocycles. The summed E-state index contributed by atoms with van der Waals surface area (Å²) >= 11 is 0. The first kappa shape index (κ1) is 16.7. The molecule has 1 N–H and O–H groups in total. The Kier molecular flexibility index (Phi) is 6.02. The monoisotopic (exact) mass is 323 g/mol. The predicted molar refractivity (Wildman–Crippen MR) is 95.6 cm³/mol. The Morgan fingerprint density at radius 2 is 1.71 bits per heavy atom. The van der Waals surface area contributed by atoms with Crippen molar-refractivity contribution in [3.05, 3.63) is 71.8 Å². The molecular formula is C21H25NO2. The number of benzene rings is 2. The van der Waals surface area contributed by atoms with Crippen LogP contribution in [-0.2, 0) is 16.0 Å². The maximum atomic E-state index is 12.2. The topological polar surface area (TPSA) is 38.3 Å². The van der Waals surface area contributed by atoms with Crippen molar-refractivity contribution >= 4 is 5.91 Å². The van der Waals surface area contributed by atoms with Crippen LogP contribution in [0.25, 0.3) is 0 Å². The fraction of sp³-hybridized carbons (Fsp3) is 0.381. The normalized spacial score (nSPS) is 15.0. The third-order valence-corrected chi connectivity index (χ3v) is 4.39. The van der Waals surface area contributed by atoms with Crippen LogP contribution in [0.5, 0.6) is 0 Å². The van der Waals surface area contributed by atoms with Crippen molar-refractivity contribution in [1.29, 1.82) is 0 Å². The van der Waals surface area contributed by atoms with Crippen LogP contribution in [0.3, 0.4) is 0 Å². The van der Waals surface area contributed by atoms with E-state index in [0.717, 1.165) is 18.4 Å². The zero-order valence-corrected chi connectivity index (χ0v) is 14.0. The fourth-order valence-electron chi connectivity index (χ4n) is 2.80. The summed E-state index contributed by atoms with van der Waals surface area (Å²) in [7, 11) is 0. The van der Waals surface area contributed by atoms with E-state index in [1.807, 2.05) is 24.3 Å². The Balaban J connectivity index is 1.55. The molecule has 0 saturated heterocycles. The second kappa shape index (κ2) is 8.65. The fourth-order valence-corrected chi connectivity index (χ4v) is 2.80. The van der Waals surface area contributed by atoms with Crippen molar-refractivity contribution in [1.82, 2.24) is 5.32 Å². The summed E-state index contributed by atoms with van der Waals surface area (Å²) in [5, 5.41) is 3.13. The third kappa shape index (κ3) is 5.50. The zero-order valence-electron chi connectivity index (χ0n) is 14.0. The maximum absolute atomic E-state index is 12.2. The van der Waals surface area contributed by atoms with Gasteiger partial charge in [-0.2, -0.15) is 0 Å². The molecule has 0 spiro atoms. The zero-order chi connectivity index (χ0) is 16.6. The molecule has 2 aromatic rings. The highest BCUT2D eigenvalue weighted by Crippen LogP contribution is 2.28. The molecule has 0 radical (unpaired) electrons. The van der Waals surface area contributed by atoms with Crippen LogP contribution in [0.1, 0.15) is 36.4 Å². The standard InChI is InChI=1S/C21H25NO2/c23-21(16-24-15-18-11-12-18)22-20(19-9-5-2-6-10-19)14-13-17-7-3-1-4-8-17/h1-10,18,20H,11-16H2,(H,22,23)/t20-/m1/s1. The van der Waals surface area contributed by atoms with Crippen molar-refractivity contribution in [3.63, 3.8) is 0 Å². The molecule has 1 saturated carbocycles. The second-order valence-electron chi connectivity index (χ2n) is 6.51. The number of aryl methyl sites for hydroxylation is 1. The van der Waals surface area contributed by atoms with E-state index in [9.17, 15) is 4.79 Å². The lowest BCUT2D eigenvalue weighted by molar-refractivity contribution is -0.126. The van der Waals surface area contributed by atoms with Crippen molar-refractivity contribution in [3.8, 4) is 0 Å². The molecule has 0 bridgehead atoms. The van der Waals surface area contributed by atoms with E-state index in [1.54, 1.807) is 0 Å². The first-order valence-corrected chi connectivity index (χ1v) is 8.77. The lowest BCUT2D eigenvalue weighted by Gasteiger charge is -2.19. The average molecular weight is 323 g/mol. The number of amides is 1. The molecule has 1 amide bonds. The number of carbonyl (C=O) groups excluding carboxylic acids is 1. The summed E-state index contributed by atoms with van der Waals surface area (Å²) in [5.74, 6) is 0.651. The van der Waals surface area contributed by atoms with Crippen molar-refractivity contribution in [2.45, 2.75) is 31.7 Å². The van der Waals surface area contributed by atoms with Crippen LogP contribution in [-0.4, -0.2) is 19.1 Å². The van der Waals surface area contributed by atoms with Gasteiger partial charge in [0.15, 0.2) is 0 Å². The van der Waals surface area contributed by atoms with E-state index in [1.165, 1.54) is 18.4 Å². The summed E-state index contributed by atoms with van der Waals surface area (Å²) in [6.07, 6.45) is 4.29. The van der Waals surface area contributed by atoms with Gasteiger partial charge < -0.3 is 10.1 Å². The third-order valence-electron chi connectivity index (χ3n) is 4.39. The van der Waals surface area contributed by atoms with Crippen molar-refractivity contribution in [2.75, 3.05) is 13.2 Å². The summed E-state index contributed by atoms with van der Waals surface area (Å²) in [6.45, 7) is 0.874. The van der Waals surface area contributed by atoms with Crippen molar-refractivity contribution < 1.29 is 9.53 Å². The van der Waals surface area contributed by atoms with Gasteiger partial charge in [-0.1, -0.05) is 60.7 Å². The van der Waals surface area contributed by atoms with Crippen molar-refractivity contribution in [2.24, 2.45) is 5.92 Å². The molecule has 3 rings (SSSR count). The first-order chi connectivity index (χ1) is 11.8. The molecule has 0 heterocycles. The lowest BCUT2D eigenvalue weighted by atomic mass is 9.99. The van der Waals surface area contributed by atoms with E-state index in [4.69, 9.17) is 4.74 Å². The van der Waals surface area contributed by atoms with E-state index >= 15 is 0 Å². The number of carbonyl (C=O) groups is 1. The summed E-state index contributed by atoms with van der Waals surface area (Å²) in [6, 6.07) is 20.6. The van der Waals surface area contributed by atoms with Gasteiger partial charge in [-0.05, 0) is 42.7 Å². The van der Waals surface area contributed by atoms with Gasteiger partial charge in [-0.15, -0.1) is 0 Å². The Labute approximate surface area is 144 Å². The summed E-state index contributed by atoms with van der Waals surface area (Å²) < 4.78 is 5.51. The molecule has 126 valence electrons. The van der Waals surface area contributed by atoms with Crippen LogP contribution in [0, 0.1) is 5.92 Å². The Bertz CT molecular complexity index is 623. The molecule has 1 aliphatic carbocycles. The minimum Gasteiger partial charge on any atom is -0.371 e. The molecule has 1 fully saturated rings. The predicted octanol–water partition coefficient (Wildman–Crippen LogP) is 3.90. The molecule has 0 aromatic heterocycles. The number of rotatable bonds is 9. The van der Waals surface area contributed by atoms with Crippen LogP contribution >= 0.6 is 0 Å². The molecule has 1 aliphatic rings. The van der Waals surface area contributed by atoms with E-state index in [0.29, 0.717) is 12.5 Å². The van der Waals surface area contributed by atoms with Crippen LogP contribution in [0.4, 0.5) is 0 Å². The van der Waals surface area contributed by atoms with E-state index < -0.39 is 0 Å². The SMILES string of the molecule is O=C(COCC1CC1)N[C@H](CCc1ccccc1)c1ccccc1. The smallest absolute Gasteiger partial charge is 0.246 e. The number of nitrogens with one attached hydrogen (secondary N) is 1. The maximum Gasteiger partial charge on any atom is 0.246 e. The first-order valence-electron chi connectivity index (χ1n) is 8.77. The Hall–Kier alpha value is -2.13. The minimum absolute atomic E-state index is 0.0171. The average Bonchev–Trinajstić information content (AvgIpc) is 3.44. The minimum atomic E-state index is -0.0300. The van der Waals surface area contributed by atoms with Gasteiger partial charge in [-0.25, -0.2) is 0 Å². The molecule has 0 aliphatic heterocycles. The molecule has 1 atom stereocenters. The quantitative estimate of drug-likeness (QED) is 0.760. The highest BCUT2D eigenvalue weighted by molar-refractivity contribution is 5.77. The van der Waals surface area contributed by atoms with Crippen LogP contribution in [0.15, 0.2) is 60.7 Å². The van der Waals surface area contributed by atoms with Gasteiger partial charge in [0.05, 0.1) is 12.6 Å². The van der Waals surface area contributed by atoms with Gasteiger partial charge in [0.25, 0.3) is 0 Å². The van der Waals surface area contributed by atoms with Gasteiger partial charge in [0.1, 0.15) is 6.61 Å². The molecule has 3 nitrogen and oxygen atoms in total. The van der Waals surface area contributed by atoms with Gasteiger partial charge in [-0.3, -0.25) is 4.79 Å². The largest absolute Gasteiger partial charge is 0.371 e. The molecule has 24 heavy (non-hydrogen) atoms. The second-order valence-corrected chi connectivity index (χ2v) is 6.51. The summed E-state index contributed by atoms with van der Waals surface area (Å²) in [4.78, 5) is 12.2. The molecule has 3 heteroatoms. The van der Waals surface area contributed by atoms with Gasteiger partial charge >= 0.3 is 0 Å². The molecular weight excluding hydrogens is 298 g/mol. The highest BCUT2D eigenvalue weighted by atomic mass is 16.5. The van der Waals surface area contributed by atoms with Gasteiger partial charge in [0, 0.05) is 0 Å². The number of hydrogen-bond acceptors (Lipinski definition) is 2. The van der Waals surface area contributed by atoms with E-state index in [-0.39, 0.29) is 18.6 Å². The Morgan fingerprint density at radius 3 is 2.38 bits per heavy atom. The van der Waals surface area contributed by atoms with Gasteiger partial charge in [0.2, 0.25) is 5.91 Å². The lowest BCUT2D eigenvalue weighted by Crippen LogP contribution is -2.32. The Morgan fingerprint density at radius 1 is 1.04 bits per heavy atom. The number of hydrogen-bond donors (Lipinski definition) is 1. The van der Waals surface area contributed by atoms with E-state index in [2.05, 4.69) is 41.7 Å². The number of ether oxygens (including phenoxy) is 1. The summed E-state index contributed by atoms with van der Waals surface area (Å²) in [5.41, 5.74) is 2.43.